The molecule has 2 heterocycles. The van der Waals surface area contributed by atoms with Crippen LogP contribution in [0.4, 0.5) is 4.39 Å². The molecule has 0 aliphatic carbocycles. The number of benzene rings is 1. The Bertz CT molecular complexity index is 883. The van der Waals surface area contributed by atoms with Crippen molar-refractivity contribution >= 4 is 51.7 Å². The first-order chi connectivity index (χ1) is 12.4. The van der Waals surface area contributed by atoms with E-state index in [9.17, 15) is 14.0 Å². The highest BCUT2D eigenvalue weighted by molar-refractivity contribution is 8.14. The van der Waals surface area contributed by atoms with Crippen molar-refractivity contribution in [3.63, 3.8) is 0 Å². The van der Waals surface area contributed by atoms with Gasteiger partial charge in [0.05, 0.1) is 16.6 Å². The second kappa shape index (κ2) is 7.73. The van der Waals surface area contributed by atoms with Gasteiger partial charge in [0.15, 0.2) is 5.11 Å². The van der Waals surface area contributed by atoms with Crippen molar-refractivity contribution in [2.24, 2.45) is 0 Å². The molecular weight excluding hydrogens is 401 g/mol. The summed E-state index contributed by atoms with van der Waals surface area (Å²) in [5, 5.41) is 9.12. The molecule has 0 unspecified atom stereocenters. The highest BCUT2D eigenvalue weighted by Gasteiger charge is 2.28. The summed E-state index contributed by atoms with van der Waals surface area (Å²) in [5.41, 5.74) is -0.0240. The van der Waals surface area contributed by atoms with Gasteiger partial charge < -0.3 is 9.84 Å². The SMILES string of the molecule is Cc1onc(-c2c(F)cccc2Cl)c1C(=O)NC(=S)N[C@@H]1CCSC1=O. The van der Waals surface area contributed by atoms with Crippen LogP contribution in [0.25, 0.3) is 11.3 Å². The molecule has 1 aromatic carbocycles. The largest absolute Gasteiger partial charge is 0.360 e. The Kier molecular flexibility index (Phi) is 5.59. The Hall–Kier alpha value is -1.97. The number of halogens is 2. The predicted molar refractivity (Wildman–Crippen MR) is 101 cm³/mol. The van der Waals surface area contributed by atoms with Gasteiger partial charge in [0.1, 0.15) is 22.8 Å². The highest BCUT2D eigenvalue weighted by Crippen LogP contribution is 2.33. The topological polar surface area (TPSA) is 84.2 Å². The lowest BCUT2D eigenvalue weighted by molar-refractivity contribution is -0.112. The fourth-order valence-electron chi connectivity index (χ4n) is 2.52. The van der Waals surface area contributed by atoms with Crippen LogP contribution >= 0.6 is 35.6 Å². The van der Waals surface area contributed by atoms with Gasteiger partial charge in [0, 0.05) is 5.75 Å². The van der Waals surface area contributed by atoms with Gasteiger partial charge in [-0.15, -0.1) is 0 Å². The highest BCUT2D eigenvalue weighted by atomic mass is 35.5. The molecule has 0 bridgehead atoms. The molecule has 1 saturated heterocycles. The first-order valence-corrected chi connectivity index (χ1v) is 9.34. The molecule has 2 aromatic rings. The van der Waals surface area contributed by atoms with E-state index in [1.807, 2.05) is 0 Å². The standard InChI is InChI=1S/C16H13ClFN3O3S2/c1-7-11(13(21-24-7)12-8(17)3-2-4-9(12)18)14(22)20-16(25)19-10-5-6-26-15(10)23/h2-4,10H,5-6H2,1H3,(H2,19,20,22,25)/t10-/m1/s1. The van der Waals surface area contributed by atoms with E-state index >= 15 is 0 Å². The lowest BCUT2D eigenvalue weighted by Gasteiger charge is -2.13. The van der Waals surface area contributed by atoms with Crippen LogP contribution in [0.15, 0.2) is 22.7 Å². The first-order valence-electron chi connectivity index (χ1n) is 7.57. The van der Waals surface area contributed by atoms with E-state index in [1.165, 1.54) is 36.9 Å². The number of aryl methyl sites for hydroxylation is 1. The van der Waals surface area contributed by atoms with Crippen LogP contribution < -0.4 is 10.6 Å². The minimum absolute atomic E-state index is 0.00188. The Morgan fingerprint density at radius 2 is 2.27 bits per heavy atom. The maximum Gasteiger partial charge on any atom is 0.263 e. The van der Waals surface area contributed by atoms with Gasteiger partial charge in [-0.25, -0.2) is 4.39 Å². The van der Waals surface area contributed by atoms with E-state index in [2.05, 4.69) is 15.8 Å². The summed E-state index contributed by atoms with van der Waals surface area (Å²) in [4.78, 5) is 24.3. The Labute approximate surface area is 162 Å². The summed E-state index contributed by atoms with van der Waals surface area (Å²) >= 11 is 12.4. The molecular formula is C16H13ClFN3O3S2. The zero-order valence-corrected chi connectivity index (χ0v) is 15.9. The van der Waals surface area contributed by atoms with Crippen LogP contribution in [0.3, 0.4) is 0 Å². The molecule has 6 nitrogen and oxygen atoms in total. The zero-order valence-electron chi connectivity index (χ0n) is 13.5. The van der Waals surface area contributed by atoms with E-state index in [-0.39, 0.29) is 37.8 Å². The Balaban J connectivity index is 1.83. The summed E-state index contributed by atoms with van der Waals surface area (Å²) in [6.07, 6.45) is 0.627. The number of nitrogens with one attached hydrogen (secondary N) is 2. The molecule has 0 spiro atoms. The van der Waals surface area contributed by atoms with Gasteiger partial charge in [-0.05, 0) is 37.7 Å². The molecule has 1 aliphatic heterocycles. The molecule has 2 N–H and O–H groups in total. The average molecular weight is 414 g/mol. The maximum absolute atomic E-state index is 14.2. The third-order valence-corrected chi connectivity index (χ3v) is 5.30. The quantitative estimate of drug-likeness (QED) is 0.748. The summed E-state index contributed by atoms with van der Waals surface area (Å²) in [6, 6.07) is 3.71. The lowest BCUT2D eigenvalue weighted by atomic mass is 10.0. The van der Waals surface area contributed by atoms with Gasteiger partial charge >= 0.3 is 0 Å². The van der Waals surface area contributed by atoms with Gasteiger partial charge in [-0.1, -0.05) is 34.6 Å². The molecule has 0 saturated carbocycles. The van der Waals surface area contributed by atoms with Crippen LogP contribution in [-0.2, 0) is 4.79 Å². The second-order valence-electron chi connectivity index (χ2n) is 5.50. The number of nitrogens with zero attached hydrogens (tertiary/aromatic N) is 1. The number of carbonyl (C=O) groups excluding carboxylic acids is 2. The molecule has 26 heavy (non-hydrogen) atoms. The van der Waals surface area contributed by atoms with Gasteiger partial charge in [-0.3, -0.25) is 14.9 Å². The van der Waals surface area contributed by atoms with Crippen molar-refractivity contribution in [3.8, 4) is 11.3 Å². The van der Waals surface area contributed by atoms with Crippen LogP contribution in [0, 0.1) is 12.7 Å². The van der Waals surface area contributed by atoms with E-state index in [0.29, 0.717) is 12.2 Å². The van der Waals surface area contributed by atoms with Crippen molar-refractivity contribution in [2.75, 3.05) is 5.75 Å². The van der Waals surface area contributed by atoms with Crippen LogP contribution in [0.5, 0.6) is 0 Å². The van der Waals surface area contributed by atoms with Crippen LogP contribution in [0.1, 0.15) is 22.5 Å². The lowest BCUT2D eigenvalue weighted by Crippen LogP contribution is -2.45. The minimum atomic E-state index is -0.631. The van der Waals surface area contributed by atoms with E-state index in [4.69, 9.17) is 28.3 Å². The number of rotatable bonds is 3. The third-order valence-electron chi connectivity index (χ3n) is 3.76. The molecule has 1 atom stereocenters. The minimum Gasteiger partial charge on any atom is -0.360 e. The maximum atomic E-state index is 14.2. The number of hydrogen-bond acceptors (Lipinski definition) is 6. The summed E-state index contributed by atoms with van der Waals surface area (Å²) in [6.45, 7) is 1.52. The van der Waals surface area contributed by atoms with Crippen molar-refractivity contribution in [3.05, 3.63) is 40.4 Å². The van der Waals surface area contributed by atoms with E-state index < -0.39 is 17.8 Å². The van der Waals surface area contributed by atoms with E-state index in [1.54, 1.807) is 0 Å². The van der Waals surface area contributed by atoms with Gasteiger partial charge in [-0.2, -0.15) is 0 Å². The smallest absolute Gasteiger partial charge is 0.263 e. The van der Waals surface area contributed by atoms with Crippen LogP contribution in [-0.4, -0.2) is 33.1 Å². The number of thiocarbonyl (C=S) groups is 1. The summed E-state index contributed by atoms with van der Waals surface area (Å²) in [7, 11) is 0. The van der Waals surface area contributed by atoms with E-state index in [0.717, 1.165) is 0 Å². The van der Waals surface area contributed by atoms with Crippen molar-refractivity contribution in [1.29, 1.82) is 0 Å². The van der Waals surface area contributed by atoms with Crippen LogP contribution in [0.2, 0.25) is 5.02 Å². The Morgan fingerprint density at radius 1 is 1.50 bits per heavy atom. The molecule has 3 rings (SSSR count). The fourth-order valence-corrected chi connectivity index (χ4v) is 3.94. The normalized spacial score (nSPS) is 16.6. The fraction of sp³-hybridized carbons (Fsp3) is 0.250. The molecule has 1 aliphatic rings. The number of carbonyl (C=O) groups is 2. The predicted octanol–water partition coefficient (Wildman–Crippen LogP) is 3.08. The molecule has 1 fully saturated rings. The third kappa shape index (κ3) is 3.74. The molecule has 10 heteroatoms. The number of amides is 1. The van der Waals surface area contributed by atoms with Gasteiger partial charge in [0.2, 0.25) is 5.12 Å². The monoisotopic (exact) mass is 413 g/mol. The molecule has 0 radical (unpaired) electrons. The second-order valence-corrected chi connectivity index (χ2v) is 7.41. The molecule has 1 aromatic heterocycles. The Morgan fingerprint density at radius 3 is 2.92 bits per heavy atom. The number of thioether (sulfide) groups is 1. The zero-order chi connectivity index (χ0) is 18.8. The summed E-state index contributed by atoms with van der Waals surface area (Å²) < 4.78 is 19.2. The average Bonchev–Trinajstić information content (AvgIpc) is 3.13. The van der Waals surface area contributed by atoms with Gasteiger partial charge in [0.25, 0.3) is 5.91 Å². The number of aromatic nitrogens is 1. The number of hydrogen-bond donors (Lipinski definition) is 2. The first kappa shape index (κ1) is 18.8. The molecule has 136 valence electrons. The summed E-state index contributed by atoms with van der Waals surface area (Å²) in [5.74, 6) is -0.372. The van der Waals surface area contributed by atoms with Crippen molar-refractivity contribution < 1.29 is 18.5 Å². The molecule has 1 amide bonds. The van der Waals surface area contributed by atoms with Crippen molar-refractivity contribution in [2.45, 2.75) is 19.4 Å². The van der Waals surface area contributed by atoms with Crippen molar-refractivity contribution in [1.82, 2.24) is 15.8 Å².